The van der Waals surface area contributed by atoms with E-state index in [-0.39, 0.29) is 5.69 Å². The zero-order valence-electron chi connectivity index (χ0n) is 10.0. The summed E-state index contributed by atoms with van der Waals surface area (Å²) in [5.74, 6) is -0.604. The minimum atomic E-state index is -0.604. The summed E-state index contributed by atoms with van der Waals surface area (Å²) in [6, 6.07) is 9.18. The van der Waals surface area contributed by atoms with Gasteiger partial charge in [0.1, 0.15) is 5.15 Å². The first-order valence-electron chi connectivity index (χ1n) is 5.66. The van der Waals surface area contributed by atoms with E-state index in [0.717, 1.165) is 10.2 Å². The maximum absolute atomic E-state index is 11.5. The van der Waals surface area contributed by atoms with Gasteiger partial charge in [-0.05, 0) is 18.2 Å². The Morgan fingerprint density at radius 1 is 1.35 bits per heavy atom. The van der Waals surface area contributed by atoms with Crippen molar-refractivity contribution in [3.8, 4) is 5.69 Å². The maximum atomic E-state index is 11.5. The van der Waals surface area contributed by atoms with Crippen molar-refractivity contribution in [2.45, 2.75) is 0 Å². The summed E-state index contributed by atoms with van der Waals surface area (Å²) in [7, 11) is 0. The summed E-state index contributed by atoms with van der Waals surface area (Å²) in [4.78, 5) is 15.5. The van der Waals surface area contributed by atoms with Gasteiger partial charge < -0.3 is 5.73 Å². The molecule has 0 unspecified atom stereocenters. The second-order valence-corrected chi connectivity index (χ2v) is 5.43. The fraction of sp³-hybridized carbons (Fsp3) is 0. The van der Waals surface area contributed by atoms with Crippen LogP contribution in [0.15, 0.2) is 41.0 Å². The molecule has 1 amide bonds. The molecular weight excluding hydrogens is 344 g/mol. The van der Waals surface area contributed by atoms with Crippen LogP contribution in [0.1, 0.15) is 10.5 Å². The molecule has 0 aliphatic carbocycles. The largest absolute Gasteiger partial charge is 0.364 e. The van der Waals surface area contributed by atoms with Crippen molar-refractivity contribution in [2.24, 2.45) is 5.73 Å². The highest BCUT2D eigenvalue weighted by molar-refractivity contribution is 9.10. The molecule has 5 nitrogen and oxygen atoms in total. The van der Waals surface area contributed by atoms with Gasteiger partial charge in [-0.1, -0.05) is 33.6 Å². The predicted octanol–water partition coefficient (Wildman–Crippen LogP) is 2.94. The highest BCUT2D eigenvalue weighted by atomic mass is 79.9. The van der Waals surface area contributed by atoms with Crippen molar-refractivity contribution >= 4 is 44.3 Å². The lowest BCUT2D eigenvalue weighted by molar-refractivity contribution is 0.0996. The lowest BCUT2D eigenvalue weighted by Crippen LogP contribution is -2.12. The topological polar surface area (TPSA) is 73.8 Å². The second-order valence-electron chi connectivity index (χ2n) is 4.13. The van der Waals surface area contributed by atoms with E-state index >= 15 is 0 Å². The predicted molar refractivity (Wildman–Crippen MR) is 80.1 cm³/mol. The molecule has 100 valence electrons. The summed E-state index contributed by atoms with van der Waals surface area (Å²) in [5.41, 5.74) is 6.99. The Bertz CT molecular complexity index is 830. The van der Waals surface area contributed by atoms with E-state index in [0.29, 0.717) is 16.1 Å². The number of halogens is 2. The van der Waals surface area contributed by atoms with Gasteiger partial charge in [0, 0.05) is 16.7 Å². The summed E-state index contributed by atoms with van der Waals surface area (Å²) >= 11 is 9.32. The van der Waals surface area contributed by atoms with E-state index in [4.69, 9.17) is 17.3 Å². The number of hydrogen-bond acceptors (Lipinski definition) is 3. The van der Waals surface area contributed by atoms with Gasteiger partial charge in [-0.15, -0.1) is 0 Å². The second kappa shape index (κ2) is 4.88. The van der Waals surface area contributed by atoms with Gasteiger partial charge in [-0.25, -0.2) is 9.67 Å². The molecule has 1 aromatic carbocycles. The third-order valence-electron chi connectivity index (χ3n) is 2.82. The number of carbonyl (C=O) groups is 1. The van der Waals surface area contributed by atoms with Crippen LogP contribution in [0.4, 0.5) is 0 Å². The van der Waals surface area contributed by atoms with E-state index < -0.39 is 5.91 Å². The van der Waals surface area contributed by atoms with Crippen LogP contribution in [0, 0.1) is 0 Å². The van der Waals surface area contributed by atoms with E-state index in [2.05, 4.69) is 26.0 Å². The van der Waals surface area contributed by atoms with Crippen LogP contribution in [0.25, 0.3) is 16.6 Å². The molecule has 0 radical (unpaired) electrons. The summed E-state index contributed by atoms with van der Waals surface area (Å²) < 4.78 is 2.52. The van der Waals surface area contributed by atoms with Crippen molar-refractivity contribution in [2.75, 3.05) is 0 Å². The number of primary amides is 1. The zero-order chi connectivity index (χ0) is 14.3. The molecule has 20 heavy (non-hydrogen) atoms. The smallest absolute Gasteiger partial charge is 0.269 e. The average Bonchev–Trinajstić information content (AvgIpc) is 2.77. The number of rotatable bonds is 2. The molecule has 0 aliphatic heterocycles. The number of hydrogen-bond donors (Lipinski definition) is 1. The molecule has 0 aliphatic rings. The summed E-state index contributed by atoms with van der Waals surface area (Å²) in [6.07, 6.45) is 1.50. The Kier molecular flexibility index (Phi) is 3.19. The Morgan fingerprint density at radius 3 is 2.85 bits per heavy atom. The Hall–Kier alpha value is -1.92. The van der Waals surface area contributed by atoms with Gasteiger partial charge in [0.15, 0.2) is 5.69 Å². The number of benzene rings is 1. The molecule has 0 atom stereocenters. The van der Waals surface area contributed by atoms with Crippen LogP contribution >= 0.6 is 27.5 Å². The van der Waals surface area contributed by atoms with Gasteiger partial charge in [-0.3, -0.25) is 4.79 Å². The lowest BCUT2D eigenvalue weighted by atomic mass is 10.2. The molecule has 0 bridgehead atoms. The number of nitrogens with zero attached hydrogens (tertiary/aromatic N) is 3. The molecule has 2 heterocycles. The van der Waals surface area contributed by atoms with Crippen molar-refractivity contribution in [3.05, 3.63) is 51.8 Å². The number of pyridine rings is 1. The quantitative estimate of drug-likeness (QED) is 0.721. The molecule has 2 aromatic heterocycles. The molecule has 2 N–H and O–H groups in total. The van der Waals surface area contributed by atoms with E-state index in [1.807, 2.05) is 24.3 Å². The summed E-state index contributed by atoms with van der Waals surface area (Å²) in [5, 5.41) is 5.16. The average molecular weight is 352 g/mol. The third kappa shape index (κ3) is 2.17. The fourth-order valence-electron chi connectivity index (χ4n) is 1.97. The minimum absolute atomic E-state index is 0.171. The highest BCUT2D eigenvalue weighted by Gasteiger charge is 2.16. The SMILES string of the molecule is NC(=O)c1nn(-c2cccc(Br)c2)c2cc(Cl)ncc12. The maximum Gasteiger partial charge on any atom is 0.269 e. The van der Waals surface area contributed by atoms with E-state index in [9.17, 15) is 4.79 Å². The number of amides is 1. The van der Waals surface area contributed by atoms with Crippen LogP contribution in [0.3, 0.4) is 0 Å². The minimum Gasteiger partial charge on any atom is -0.364 e. The monoisotopic (exact) mass is 350 g/mol. The molecule has 0 saturated heterocycles. The van der Waals surface area contributed by atoms with Crippen molar-refractivity contribution < 1.29 is 4.79 Å². The fourth-order valence-corrected chi connectivity index (χ4v) is 2.51. The molecule has 7 heteroatoms. The van der Waals surface area contributed by atoms with Crippen molar-refractivity contribution in [3.63, 3.8) is 0 Å². The van der Waals surface area contributed by atoms with Crippen LogP contribution < -0.4 is 5.73 Å². The highest BCUT2D eigenvalue weighted by Crippen LogP contribution is 2.24. The van der Waals surface area contributed by atoms with Gasteiger partial charge in [-0.2, -0.15) is 5.10 Å². The Labute approximate surface area is 127 Å². The van der Waals surface area contributed by atoms with Crippen LogP contribution in [-0.4, -0.2) is 20.7 Å². The van der Waals surface area contributed by atoms with E-state index in [1.165, 1.54) is 6.20 Å². The van der Waals surface area contributed by atoms with Crippen LogP contribution in [0.2, 0.25) is 5.15 Å². The first-order chi connectivity index (χ1) is 9.56. The molecular formula is C13H8BrClN4O. The first-order valence-corrected chi connectivity index (χ1v) is 6.83. The van der Waals surface area contributed by atoms with Gasteiger partial charge in [0.25, 0.3) is 5.91 Å². The number of aromatic nitrogens is 3. The first kappa shape index (κ1) is 13.1. The molecule has 3 rings (SSSR count). The van der Waals surface area contributed by atoms with Gasteiger partial charge in [0.2, 0.25) is 0 Å². The lowest BCUT2D eigenvalue weighted by Gasteiger charge is -2.03. The Balaban J connectivity index is 2.35. The number of fused-ring (bicyclic) bond motifs is 1. The van der Waals surface area contributed by atoms with Crippen LogP contribution in [-0.2, 0) is 0 Å². The van der Waals surface area contributed by atoms with Gasteiger partial charge in [0.05, 0.1) is 16.6 Å². The van der Waals surface area contributed by atoms with Crippen molar-refractivity contribution in [1.29, 1.82) is 0 Å². The number of nitrogens with two attached hydrogens (primary N) is 1. The third-order valence-corrected chi connectivity index (χ3v) is 3.52. The zero-order valence-corrected chi connectivity index (χ0v) is 12.4. The standard InChI is InChI=1S/C13H8BrClN4O/c14-7-2-1-3-8(4-7)19-10-5-11(15)17-6-9(10)12(18-19)13(16)20/h1-6H,(H2,16,20). The normalized spacial score (nSPS) is 10.9. The Morgan fingerprint density at radius 2 is 2.15 bits per heavy atom. The molecule has 0 saturated carbocycles. The molecule has 0 spiro atoms. The molecule has 3 aromatic rings. The summed E-state index contributed by atoms with van der Waals surface area (Å²) in [6.45, 7) is 0. The molecule has 0 fully saturated rings. The van der Waals surface area contributed by atoms with Gasteiger partial charge >= 0.3 is 0 Å². The van der Waals surface area contributed by atoms with Crippen molar-refractivity contribution in [1.82, 2.24) is 14.8 Å². The van der Waals surface area contributed by atoms with Crippen LogP contribution in [0.5, 0.6) is 0 Å². The van der Waals surface area contributed by atoms with E-state index in [1.54, 1.807) is 10.7 Å². The number of carbonyl (C=O) groups excluding carboxylic acids is 1.